The van der Waals surface area contributed by atoms with Crippen LogP contribution >= 0.6 is 0 Å². The molecule has 0 saturated carbocycles. The average molecular weight is 341 g/mol. The zero-order valence-electron chi connectivity index (χ0n) is 14.6. The van der Waals surface area contributed by atoms with E-state index >= 15 is 0 Å². The fourth-order valence-corrected chi connectivity index (χ4v) is 3.34. The minimum atomic E-state index is 0.203. The molecule has 5 nitrogen and oxygen atoms in total. The third kappa shape index (κ3) is 3.24. The van der Waals surface area contributed by atoms with Crippen molar-refractivity contribution in [2.45, 2.75) is 26.4 Å². The van der Waals surface area contributed by atoms with Gasteiger partial charge in [0, 0.05) is 18.2 Å². The van der Waals surface area contributed by atoms with Crippen LogP contribution in [0.5, 0.6) is 23.0 Å². The molecule has 0 fully saturated rings. The summed E-state index contributed by atoms with van der Waals surface area (Å²) in [6.45, 7) is 6.64. The van der Waals surface area contributed by atoms with Crippen LogP contribution in [0.1, 0.15) is 31.0 Å². The number of hydrogen-bond donors (Lipinski definition) is 1. The van der Waals surface area contributed by atoms with E-state index in [-0.39, 0.29) is 6.04 Å². The van der Waals surface area contributed by atoms with Crippen LogP contribution in [0.15, 0.2) is 36.4 Å². The number of ether oxygens (including phenoxy) is 4. The van der Waals surface area contributed by atoms with E-state index in [1.165, 1.54) is 5.56 Å². The highest BCUT2D eigenvalue weighted by atomic mass is 16.7. The van der Waals surface area contributed by atoms with Crippen LogP contribution < -0.4 is 24.3 Å². The van der Waals surface area contributed by atoms with Crippen molar-refractivity contribution < 1.29 is 18.9 Å². The Balaban J connectivity index is 1.53. The van der Waals surface area contributed by atoms with Gasteiger partial charge in [0.2, 0.25) is 6.79 Å². The Kier molecular flexibility index (Phi) is 4.40. The van der Waals surface area contributed by atoms with Gasteiger partial charge in [-0.25, -0.2) is 0 Å². The molecule has 1 atom stereocenters. The van der Waals surface area contributed by atoms with Crippen molar-refractivity contribution in [3.05, 3.63) is 47.5 Å². The van der Waals surface area contributed by atoms with E-state index in [0.717, 1.165) is 28.6 Å². The molecule has 0 saturated heterocycles. The Morgan fingerprint density at radius 2 is 1.76 bits per heavy atom. The third-order valence-electron chi connectivity index (χ3n) is 4.58. The SMILES string of the molecule is CC(C)[C@H](NCc1cccc2c1OCO2)c1ccc2c(c1)OCCO2. The Labute approximate surface area is 147 Å². The normalized spacial score (nSPS) is 16.1. The molecule has 4 rings (SSSR count). The standard InChI is InChI=1S/C20H23NO4/c1-13(2)19(14-6-7-16-18(10-14)23-9-8-22-16)21-11-15-4-3-5-17-20(15)25-12-24-17/h3-7,10,13,19,21H,8-9,11-12H2,1-2H3/t19-/m0/s1. The van der Waals surface area contributed by atoms with Gasteiger partial charge in [0.25, 0.3) is 0 Å². The highest BCUT2D eigenvalue weighted by Gasteiger charge is 2.21. The summed E-state index contributed by atoms with van der Waals surface area (Å²) in [7, 11) is 0. The molecule has 2 heterocycles. The van der Waals surface area contributed by atoms with Gasteiger partial charge in [-0.3, -0.25) is 0 Å². The van der Waals surface area contributed by atoms with Gasteiger partial charge in [0.15, 0.2) is 23.0 Å². The number of hydrogen-bond acceptors (Lipinski definition) is 5. The van der Waals surface area contributed by atoms with Gasteiger partial charge >= 0.3 is 0 Å². The zero-order chi connectivity index (χ0) is 17.2. The summed E-state index contributed by atoms with van der Waals surface area (Å²) in [5, 5.41) is 3.66. The van der Waals surface area contributed by atoms with E-state index in [1.54, 1.807) is 0 Å². The highest BCUT2D eigenvalue weighted by molar-refractivity contribution is 5.48. The van der Waals surface area contributed by atoms with Crippen molar-refractivity contribution in [2.75, 3.05) is 20.0 Å². The largest absolute Gasteiger partial charge is 0.486 e. The summed E-state index contributed by atoms with van der Waals surface area (Å²) < 4.78 is 22.4. The second-order valence-electron chi connectivity index (χ2n) is 6.66. The molecule has 132 valence electrons. The minimum Gasteiger partial charge on any atom is -0.486 e. The molecule has 0 radical (unpaired) electrons. The first kappa shape index (κ1) is 16.1. The molecule has 0 aliphatic carbocycles. The molecule has 2 aliphatic heterocycles. The highest BCUT2D eigenvalue weighted by Crippen LogP contribution is 2.37. The van der Waals surface area contributed by atoms with Crippen LogP contribution in [0.4, 0.5) is 0 Å². The van der Waals surface area contributed by atoms with Crippen molar-refractivity contribution in [3.8, 4) is 23.0 Å². The van der Waals surface area contributed by atoms with Gasteiger partial charge in [-0.15, -0.1) is 0 Å². The van der Waals surface area contributed by atoms with Gasteiger partial charge < -0.3 is 24.3 Å². The van der Waals surface area contributed by atoms with Crippen LogP contribution in [0.25, 0.3) is 0 Å². The lowest BCUT2D eigenvalue weighted by Crippen LogP contribution is -2.26. The molecule has 2 aromatic rings. The summed E-state index contributed by atoms with van der Waals surface area (Å²) in [5.74, 6) is 3.74. The average Bonchev–Trinajstić information content (AvgIpc) is 3.11. The van der Waals surface area contributed by atoms with E-state index in [4.69, 9.17) is 18.9 Å². The topological polar surface area (TPSA) is 49.0 Å². The summed E-state index contributed by atoms with van der Waals surface area (Å²) in [5.41, 5.74) is 2.31. The first-order valence-electron chi connectivity index (χ1n) is 8.73. The smallest absolute Gasteiger partial charge is 0.231 e. The number of benzene rings is 2. The Bertz CT molecular complexity index is 759. The number of nitrogens with one attached hydrogen (secondary N) is 1. The molecule has 0 unspecified atom stereocenters. The number of para-hydroxylation sites is 1. The van der Waals surface area contributed by atoms with E-state index in [9.17, 15) is 0 Å². The fourth-order valence-electron chi connectivity index (χ4n) is 3.34. The second-order valence-corrected chi connectivity index (χ2v) is 6.66. The van der Waals surface area contributed by atoms with E-state index in [2.05, 4.69) is 37.4 Å². The Morgan fingerprint density at radius 1 is 0.920 bits per heavy atom. The summed E-state index contributed by atoms with van der Waals surface area (Å²) in [4.78, 5) is 0. The molecular formula is C20H23NO4. The van der Waals surface area contributed by atoms with Crippen LogP contribution in [0, 0.1) is 5.92 Å². The Hall–Kier alpha value is -2.40. The summed E-state index contributed by atoms with van der Waals surface area (Å²) >= 11 is 0. The quantitative estimate of drug-likeness (QED) is 0.899. The molecule has 0 aromatic heterocycles. The fraction of sp³-hybridized carbons (Fsp3) is 0.400. The predicted octanol–water partition coefficient (Wildman–Crippen LogP) is 3.67. The summed E-state index contributed by atoms with van der Waals surface area (Å²) in [6.07, 6.45) is 0. The molecule has 25 heavy (non-hydrogen) atoms. The van der Waals surface area contributed by atoms with Gasteiger partial charge in [-0.1, -0.05) is 32.0 Å². The monoisotopic (exact) mass is 341 g/mol. The van der Waals surface area contributed by atoms with E-state index in [0.29, 0.717) is 32.5 Å². The lowest BCUT2D eigenvalue weighted by atomic mass is 9.95. The van der Waals surface area contributed by atoms with Crippen molar-refractivity contribution in [3.63, 3.8) is 0 Å². The lowest BCUT2D eigenvalue weighted by molar-refractivity contribution is 0.171. The molecular weight excluding hydrogens is 318 g/mol. The minimum absolute atomic E-state index is 0.203. The Morgan fingerprint density at radius 3 is 2.60 bits per heavy atom. The van der Waals surface area contributed by atoms with Crippen molar-refractivity contribution in [2.24, 2.45) is 5.92 Å². The molecule has 5 heteroatoms. The van der Waals surface area contributed by atoms with Crippen LogP contribution in [-0.2, 0) is 6.54 Å². The summed E-state index contributed by atoms with van der Waals surface area (Å²) in [6, 6.07) is 12.4. The molecule has 0 bridgehead atoms. The second kappa shape index (κ2) is 6.84. The molecule has 0 spiro atoms. The van der Waals surface area contributed by atoms with Crippen LogP contribution in [0.2, 0.25) is 0 Å². The maximum Gasteiger partial charge on any atom is 0.231 e. The first-order valence-corrected chi connectivity index (χ1v) is 8.73. The molecule has 2 aliphatic rings. The van der Waals surface area contributed by atoms with Crippen molar-refractivity contribution in [1.82, 2.24) is 5.32 Å². The van der Waals surface area contributed by atoms with Gasteiger partial charge in [-0.2, -0.15) is 0 Å². The van der Waals surface area contributed by atoms with Crippen molar-refractivity contribution in [1.29, 1.82) is 0 Å². The molecule has 2 aromatic carbocycles. The zero-order valence-corrected chi connectivity index (χ0v) is 14.6. The number of rotatable bonds is 5. The maximum absolute atomic E-state index is 5.73. The van der Waals surface area contributed by atoms with E-state index in [1.807, 2.05) is 18.2 Å². The number of fused-ring (bicyclic) bond motifs is 2. The van der Waals surface area contributed by atoms with Crippen LogP contribution in [0.3, 0.4) is 0 Å². The van der Waals surface area contributed by atoms with E-state index < -0.39 is 0 Å². The lowest BCUT2D eigenvalue weighted by Gasteiger charge is -2.26. The van der Waals surface area contributed by atoms with Gasteiger partial charge in [0.1, 0.15) is 13.2 Å². The van der Waals surface area contributed by atoms with Crippen molar-refractivity contribution >= 4 is 0 Å². The maximum atomic E-state index is 5.73. The molecule has 1 N–H and O–H groups in total. The first-order chi connectivity index (χ1) is 12.2. The van der Waals surface area contributed by atoms with Gasteiger partial charge in [0.05, 0.1) is 0 Å². The third-order valence-corrected chi connectivity index (χ3v) is 4.58. The van der Waals surface area contributed by atoms with Gasteiger partial charge in [-0.05, 0) is 29.7 Å². The molecule has 0 amide bonds. The predicted molar refractivity (Wildman–Crippen MR) is 94.4 cm³/mol. The van der Waals surface area contributed by atoms with Crippen LogP contribution in [-0.4, -0.2) is 20.0 Å².